The molecule has 1 heterocycles. The molecule has 0 saturated carbocycles. The van der Waals surface area contributed by atoms with E-state index in [-0.39, 0.29) is 5.91 Å². The number of anilines is 1. The van der Waals surface area contributed by atoms with E-state index in [4.69, 9.17) is 4.74 Å². The maximum Gasteiger partial charge on any atom is 0.244 e. The molecular weight excluding hydrogens is 254 g/mol. The van der Waals surface area contributed by atoms with Crippen LogP contribution in [-0.2, 0) is 17.9 Å². The predicted molar refractivity (Wildman–Crippen MR) is 78.8 cm³/mol. The second-order valence-corrected chi connectivity index (χ2v) is 4.50. The topological polar surface area (TPSA) is 55.3 Å². The van der Waals surface area contributed by atoms with Crippen LogP contribution < -0.4 is 15.4 Å². The maximum atomic E-state index is 12.0. The molecule has 0 radical (unpaired) electrons. The standard InChI is InChI=1S/C15H19N3O2/c1-16-9-12-6-7-18(10-12)11-15(19)17-13-4-3-5-14(8-13)20-2/h3-8,10,16H,9,11H2,1-2H3,(H,17,19). The third kappa shape index (κ3) is 3.86. The van der Waals surface area contributed by atoms with Gasteiger partial charge in [-0.15, -0.1) is 0 Å². The monoisotopic (exact) mass is 273 g/mol. The first-order valence-corrected chi connectivity index (χ1v) is 6.44. The molecule has 20 heavy (non-hydrogen) atoms. The Labute approximate surface area is 118 Å². The number of hydrogen-bond acceptors (Lipinski definition) is 3. The fourth-order valence-corrected chi connectivity index (χ4v) is 1.96. The minimum atomic E-state index is -0.0649. The molecule has 1 amide bonds. The number of nitrogens with zero attached hydrogens (tertiary/aromatic N) is 1. The van der Waals surface area contributed by atoms with Crippen LogP contribution in [0.25, 0.3) is 0 Å². The number of nitrogens with one attached hydrogen (secondary N) is 2. The van der Waals surface area contributed by atoms with Gasteiger partial charge in [0.2, 0.25) is 5.91 Å². The van der Waals surface area contributed by atoms with Crippen molar-refractivity contribution in [3.05, 3.63) is 48.3 Å². The zero-order chi connectivity index (χ0) is 14.4. The highest BCUT2D eigenvalue weighted by atomic mass is 16.5. The second kappa shape index (κ2) is 6.77. The van der Waals surface area contributed by atoms with Crippen LogP contribution in [0.4, 0.5) is 5.69 Å². The van der Waals surface area contributed by atoms with Crippen LogP contribution in [0.5, 0.6) is 5.75 Å². The van der Waals surface area contributed by atoms with Crippen LogP contribution in [0.1, 0.15) is 5.56 Å². The average molecular weight is 273 g/mol. The van der Waals surface area contributed by atoms with Crippen molar-refractivity contribution in [1.82, 2.24) is 9.88 Å². The van der Waals surface area contributed by atoms with Crippen molar-refractivity contribution in [3.8, 4) is 5.75 Å². The molecule has 0 bridgehead atoms. The Morgan fingerprint density at radius 2 is 2.20 bits per heavy atom. The van der Waals surface area contributed by atoms with E-state index < -0.39 is 0 Å². The molecule has 0 unspecified atom stereocenters. The van der Waals surface area contributed by atoms with E-state index in [0.717, 1.165) is 23.5 Å². The molecule has 0 atom stereocenters. The summed E-state index contributed by atoms with van der Waals surface area (Å²) in [4.78, 5) is 12.0. The van der Waals surface area contributed by atoms with Crippen molar-refractivity contribution in [1.29, 1.82) is 0 Å². The Balaban J connectivity index is 1.94. The van der Waals surface area contributed by atoms with Crippen LogP contribution in [0.2, 0.25) is 0 Å². The quantitative estimate of drug-likeness (QED) is 0.844. The Kier molecular flexibility index (Phi) is 4.79. The van der Waals surface area contributed by atoms with Crippen LogP contribution in [0.15, 0.2) is 42.7 Å². The van der Waals surface area contributed by atoms with E-state index in [9.17, 15) is 4.79 Å². The SMILES string of the molecule is CNCc1ccn(CC(=O)Nc2cccc(OC)c2)c1. The molecule has 0 aliphatic carbocycles. The summed E-state index contributed by atoms with van der Waals surface area (Å²) in [5.74, 6) is 0.657. The Morgan fingerprint density at radius 3 is 2.95 bits per heavy atom. The number of ether oxygens (including phenoxy) is 1. The van der Waals surface area contributed by atoms with E-state index in [2.05, 4.69) is 10.6 Å². The molecule has 0 aliphatic rings. The number of methoxy groups -OCH3 is 1. The van der Waals surface area contributed by atoms with E-state index in [1.54, 1.807) is 13.2 Å². The molecule has 0 saturated heterocycles. The van der Waals surface area contributed by atoms with Crippen molar-refractivity contribution >= 4 is 11.6 Å². The number of aromatic nitrogens is 1. The van der Waals surface area contributed by atoms with Gasteiger partial charge >= 0.3 is 0 Å². The van der Waals surface area contributed by atoms with Crippen molar-refractivity contribution in [2.75, 3.05) is 19.5 Å². The summed E-state index contributed by atoms with van der Waals surface area (Å²) in [5.41, 5.74) is 1.89. The van der Waals surface area contributed by atoms with E-state index >= 15 is 0 Å². The molecule has 5 heteroatoms. The Hall–Kier alpha value is -2.27. The Morgan fingerprint density at radius 1 is 1.35 bits per heavy atom. The summed E-state index contributed by atoms with van der Waals surface area (Å²) < 4.78 is 6.98. The average Bonchev–Trinajstić information content (AvgIpc) is 2.86. The third-order valence-corrected chi connectivity index (χ3v) is 2.87. The van der Waals surface area contributed by atoms with Gasteiger partial charge in [0.05, 0.1) is 7.11 Å². The second-order valence-electron chi connectivity index (χ2n) is 4.50. The van der Waals surface area contributed by atoms with Gasteiger partial charge in [-0.05, 0) is 30.8 Å². The first kappa shape index (κ1) is 14.1. The largest absolute Gasteiger partial charge is 0.497 e. The number of carbonyl (C=O) groups is 1. The minimum absolute atomic E-state index is 0.0649. The summed E-state index contributed by atoms with van der Waals surface area (Å²) >= 11 is 0. The van der Waals surface area contributed by atoms with Gasteiger partial charge in [-0.2, -0.15) is 0 Å². The van der Waals surface area contributed by atoms with Crippen molar-refractivity contribution in [2.45, 2.75) is 13.1 Å². The highest BCUT2D eigenvalue weighted by molar-refractivity contribution is 5.90. The van der Waals surface area contributed by atoms with Gasteiger partial charge in [-0.3, -0.25) is 4.79 Å². The lowest BCUT2D eigenvalue weighted by Gasteiger charge is -2.07. The van der Waals surface area contributed by atoms with Gasteiger partial charge in [0.25, 0.3) is 0 Å². The van der Waals surface area contributed by atoms with Crippen molar-refractivity contribution in [2.24, 2.45) is 0 Å². The van der Waals surface area contributed by atoms with Crippen LogP contribution >= 0.6 is 0 Å². The van der Waals surface area contributed by atoms with Gasteiger partial charge in [-0.25, -0.2) is 0 Å². The lowest BCUT2D eigenvalue weighted by Crippen LogP contribution is -2.17. The molecule has 106 valence electrons. The van der Waals surface area contributed by atoms with Gasteiger partial charge in [-0.1, -0.05) is 6.07 Å². The van der Waals surface area contributed by atoms with Gasteiger partial charge in [0.15, 0.2) is 0 Å². The molecule has 2 rings (SSSR count). The molecule has 1 aromatic heterocycles. The molecule has 2 N–H and O–H groups in total. The summed E-state index contributed by atoms with van der Waals surface area (Å²) in [6, 6.07) is 9.30. The van der Waals surface area contributed by atoms with Crippen LogP contribution in [0, 0.1) is 0 Å². The first-order chi connectivity index (χ1) is 9.71. The molecule has 0 aliphatic heterocycles. The normalized spacial score (nSPS) is 10.3. The number of benzene rings is 1. The molecule has 1 aromatic carbocycles. The molecule has 2 aromatic rings. The Bertz CT molecular complexity index is 578. The zero-order valence-corrected chi connectivity index (χ0v) is 11.7. The lowest BCUT2D eigenvalue weighted by atomic mass is 10.3. The number of carbonyl (C=O) groups excluding carboxylic acids is 1. The number of hydrogen-bond donors (Lipinski definition) is 2. The zero-order valence-electron chi connectivity index (χ0n) is 11.7. The first-order valence-electron chi connectivity index (χ1n) is 6.44. The molecular formula is C15H19N3O2. The highest BCUT2D eigenvalue weighted by Gasteiger charge is 2.05. The maximum absolute atomic E-state index is 12.0. The van der Waals surface area contributed by atoms with Crippen LogP contribution in [-0.4, -0.2) is 24.6 Å². The summed E-state index contributed by atoms with van der Waals surface area (Å²) in [5, 5.41) is 5.93. The van der Waals surface area contributed by atoms with Crippen LogP contribution in [0.3, 0.4) is 0 Å². The highest BCUT2D eigenvalue weighted by Crippen LogP contribution is 2.16. The van der Waals surface area contributed by atoms with E-state index in [1.165, 1.54) is 0 Å². The number of rotatable bonds is 6. The summed E-state index contributed by atoms with van der Waals surface area (Å²) in [6.45, 7) is 1.09. The molecule has 0 spiro atoms. The van der Waals surface area contributed by atoms with Gasteiger partial charge in [0.1, 0.15) is 12.3 Å². The van der Waals surface area contributed by atoms with Gasteiger partial charge < -0.3 is 19.9 Å². The van der Waals surface area contributed by atoms with Gasteiger partial charge in [0, 0.05) is 30.7 Å². The third-order valence-electron chi connectivity index (χ3n) is 2.87. The summed E-state index contributed by atoms with van der Waals surface area (Å²) in [7, 11) is 3.50. The fourth-order valence-electron chi connectivity index (χ4n) is 1.96. The lowest BCUT2D eigenvalue weighted by molar-refractivity contribution is -0.116. The van der Waals surface area contributed by atoms with Crippen molar-refractivity contribution < 1.29 is 9.53 Å². The fraction of sp³-hybridized carbons (Fsp3) is 0.267. The van der Waals surface area contributed by atoms with E-state index in [1.807, 2.05) is 48.3 Å². The minimum Gasteiger partial charge on any atom is -0.497 e. The van der Waals surface area contributed by atoms with Crippen molar-refractivity contribution in [3.63, 3.8) is 0 Å². The van der Waals surface area contributed by atoms with E-state index in [0.29, 0.717) is 6.54 Å². The molecule has 5 nitrogen and oxygen atoms in total. The smallest absolute Gasteiger partial charge is 0.244 e. The number of amides is 1. The summed E-state index contributed by atoms with van der Waals surface area (Å²) in [6.07, 6.45) is 3.86. The molecule has 0 fully saturated rings. The predicted octanol–water partition coefficient (Wildman–Crippen LogP) is 1.85.